The van der Waals surface area contributed by atoms with Gasteiger partial charge in [0, 0.05) is 5.56 Å². The van der Waals surface area contributed by atoms with Crippen molar-refractivity contribution < 1.29 is 9.53 Å². The Morgan fingerprint density at radius 3 is 2.82 bits per heavy atom. The molecule has 1 aromatic carbocycles. The third-order valence-electron chi connectivity index (χ3n) is 2.27. The van der Waals surface area contributed by atoms with Crippen LogP contribution in [0.2, 0.25) is 0 Å². The summed E-state index contributed by atoms with van der Waals surface area (Å²) in [6.07, 6.45) is 1.13. The predicted octanol–water partition coefficient (Wildman–Crippen LogP) is 2.47. The van der Waals surface area contributed by atoms with E-state index in [1.54, 1.807) is 6.20 Å². The average Bonchev–Trinajstić information content (AvgIpc) is 2.74. The minimum atomic E-state index is -0.499. The van der Waals surface area contributed by atoms with Crippen molar-refractivity contribution in [3.05, 3.63) is 47.7 Å². The minimum Gasteiger partial charge on any atom is -0.444 e. The number of nitrogens with one attached hydrogen (secondary N) is 2. The molecule has 0 radical (unpaired) electrons. The summed E-state index contributed by atoms with van der Waals surface area (Å²) in [5, 5.41) is 9.05. The van der Waals surface area contributed by atoms with Crippen LogP contribution in [0.1, 0.15) is 11.1 Å². The molecule has 0 atom stereocenters. The number of benzene rings is 1. The van der Waals surface area contributed by atoms with Gasteiger partial charge in [-0.05, 0) is 12.5 Å². The highest BCUT2D eigenvalue weighted by molar-refractivity contribution is 5.84. The number of rotatable bonds is 3. The summed E-state index contributed by atoms with van der Waals surface area (Å²) < 4.78 is 5.06. The van der Waals surface area contributed by atoms with Gasteiger partial charge in [0.2, 0.25) is 0 Å². The molecule has 0 unspecified atom stereocenters. The zero-order chi connectivity index (χ0) is 12.1. The fraction of sp³-hybridized carbons (Fsp3) is 0.167. The smallest absolute Gasteiger partial charge is 0.413 e. The molecular formula is C12H13N3O2. The summed E-state index contributed by atoms with van der Waals surface area (Å²) >= 11 is 0. The van der Waals surface area contributed by atoms with E-state index in [1.807, 2.05) is 37.3 Å². The SMILES string of the molecule is Cc1cn[nH]c1NC(=O)OCc1ccccc1. The van der Waals surface area contributed by atoms with Gasteiger partial charge in [-0.3, -0.25) is 10.4 Å². The molecule has 17 heavy (non-hydrogen) atoms. The number of hydrogen-bond donors (Lipinski definition) is 2. The lowest BCUT2D eigenvalue weighted by molar-refractivity contribution is 0.155. The minimum absolute atomic E-state index is 0.250. The van der Waals surface area contributed by atoms with E-state index >= 15 is 0 Å². The van der Waals surface area contributed by atoms with Gasteiger partial charge in [-0.1, -0.05) is 30.3 Å². The molecule has 1 amide bonds. The van der Waals surface area contributed by atoms with Gasteiger partial charge in [-0.15, -0.1) is 0 Å². The molecule has 5 heteroatoms. The van der Waals surface area contributed by atoms with E-state index in [1.165, 1.54) is 0 Å². The summed E-state index contributed by atoms with van der Waals surface area (Å²) in [5.41, 5.74) is 1.81. The maximum atomic E-state index is 11.5. The fourth-order valence-electron chi connectivity index (χ4n) is 1.33. The number of aromatic nitrogens is 2. The van der Waals surface area contributed by atoms with Crippen LogP contribution in [-0.2, 0) is 11.3 Å². The number of amides is 1. The Morgan fingerprint density at radius 2 is 2.18 bits per heavy atom. The molecule has 2 N–H and O–H groups in total. The van der Waals surface area contributed by atoms with Crippen molar-refractivity contribution in [1.82, 2.24) is 10.2 Å². The first kappa shape index (κ1) is 11.2. The summed E-state index contributed by atoms with van der Waals surface area (Å²) in [7, 11) is 0. The number of aromatic amines is 1. The van der Waals surface area contributed by atoms with Gasteiger partial charge in [0.25, 0.3) is 0 Å². The summed E-state index contributed by atoms with van der Waals surface area (Å²) in [6, 6.07) is 9.51. The molecule has 0 aliphatic heterocycles. The molecule has 0 fully saturated rings. The summed E-state index contributed by atoms with van der Waals surface area (Å²) in [6.45, 7) is 2.09. The average molecular weight is 231 g/mol. The number of anilines is 1. The molecule has 0 bridgehead atoms. The highest BCUT2D eigenvalue weighted by atomic mass is 16.5. The van der Waals surface area contributed by atoms with Gasteiger partial charge in [0.05, 0.1) is 6.20 Å². The molecule has 0 saturated carbocycles. The number of hydrogen-bond acceptors (Lipinski definition) is 3. The first-order valence-electron chi connectivity index (χ1n) is 5.23. The fourth-order valence-corrected chi connectivity index (χ4v) is 1.33. The number of ether oxygens (including phenoxy) is 1. The number of carbonyl (C=O) groups is 1. The van der Waals surface area contributed by atoms with E-state index in [0.717, 1.165) is 11.1 Å². The van der Waals surface area contributed by atoms with Crippen molar-refractivity contribution in [3.8, 4) is 0 Å². The van der Waals surface area contributed by atoms with E-state index in [2.05, 4.69) is 15.5 Å². The van der Waals surface area contributed by atoms with Crippen LogP contribution in [0.25, 0.3) is 0 Å². The second kappa shape index (κ2) is 5.16. The topological polar surface area (TPSA) is 67.0 Å². The van der Waals surface area contributed by atoms with Crippen molar-refractivity contribution >= 4 is 11.9 Å². The Kier molecular flexibility index (Phi) is 3.40. The van der Waals surface area contributed by atoms with Crippen LogP contribution >= 0.6 is 0 Å². The Labute approximate surface area is 98.8 Å². The Balaban J connectivity index is 1.85. The van der Waals surface area contributed by atoms with Gasteiger partial charge in [-0.2, -0.15) is 5.10 Å². The number of aryl methyl sites for hydroxylation is 1. The third-order valence-corrected chi connectivity index (χ3v) is 2.27. The van der Waals surface area contributed by atoms with Gasteiger partial charge >= 0.3 is 6.09 Å². The number of H-pyrrole nitrogens is 1. The van der Waals surface area contributed by atoms with Crippen LogP contribution in [0.3, 0.4) is 0 Å². The maximum Gasteiger partial charge on any atom is 0.413 e. The highest BCUT2D eigenvalue weighted by Crippen LogP contribution is 2.09. The lowest BCUT2D eigenvalue weighted by Crippen LogP contribution is -2.14. The standard InChI is InChI=1S/C12H13N3O2/c1-9-7-13-15-11(9)14-12(16)17-8-10-5-3-2-4-6-10/h2-7H,8H2,1H3,(H2,13,14,15,16). The normalized spacial score (nSPS) is 9.94. The molecule has 1 aromatic heterocycles. The van der Waals surface area contributed by atoms with Crippen molar-refractivity contribution in [3.63, 3.8) is 0 Å². The molecule has 0 saturated heterocycles. The quantitative estimate of drug-likeness (QED) is 0.852. The summed E-state index contributed by atoms with van der Waals surface area (Å²) in [4.78, 5) is 11.5. The molecule has 1 heterocycles. The zero-order valence-corrected chi connectivity index (χ0v) is 9.43. The van der Waals surface area contributed by atoms with E-state index in [4.69, 9.17) is 4.74 Å². The predicted molar refractivity (Wildman–Crippen MR) is 63.6 cm³/mol. The van der Waals surface area contributed by atoms with Crippen LogP contribution in [0.5, 0.6) is 0 Å². The molecule has 88 valence electrons. The molecule has 0 aliphatic carbocycles. The van der Waals surface area contributed by atoms with Crippen LogP contribution < -0.4 is 5.32 Å². The molecule has 0 aliphatic rings. The molecular weight excluding hydrogens is 218 g/mol. The van der Waals surface area contributed by atoms with Crippen molar-refractivity contribution in [1.29, 1.82) is 0 Å². The molecule has 2 rings (SSSR count). The molecule has 5 nitrogen and oxygen atoms in total. The Bertz CT molecular complexity index is 493. The first-order valence-corrected chi connectivity index (χ1v) is 5.23. The number of carbonyl (C=O) groups excluding carboxylic acids is 1. The van der Waals surface area contributed by atoms with Gasteiger partial charge in [0.1, 0.15) is 12.4 Å². The Morgan fingerprint density at radius 1 is 1.41 bits per heavy atom. The zero-order valence-electron chi connectivity index (χ0n) is 9.43. The largest absolute Gasteiger partial charge is 0.444 e. The molecule has 0 spiro atoms. The third kappa shape index (κ3) is 3.07. The molecule has 2 aromatic rings. The first-order chi connectivity index (χ1) is 8.25. The second-order valence-electron chi connectivity index (χ2n) is 3.61. The monoisotopic (exact) mass is 231 g/mol. The van der Waals surface area contributed by atoms with E-state index in [-0.39, 0.29) is 6.61 Å². The van der Waals surface area contributed by atoms with E-state index in [9.17, 15) is 4.79 Å². The van der Waals surface area contributed by atoms with Crippen molar-refractivity contribution in [2.45, 2.75) is 13.5 Å². The summed E-state index contributed by atoms with van der Waals surface area (Å²) in [5.74, 6) is 0.558. The lowest BCUT2D eigenvalue weighted by Gasteiger charge is -2.05. The van der Waals surface area contributed by atoms with Crippen LogP contribution in [0, 0.1) is 6.92 Å². The van der Waals surface area contributed by atoms with Crippen LogP contribution in [-0.4, -0.2) is 16.3 Å². The lowest BCUT2D eigenvalue weighted by atomic mass is 10.2. The van der Waals surface area contributed by atoms with Crippen LogP contribution in [0.15, 0.2) is 36.5 Å². The van der Waals surface area contributed by atoms with Gasteiger partial charge in [-0.25, -0.2) is 4.79 Å². The van der Waals surface area contributed by atoms with Gasteiger partial charge < -0.3 is 4.74 Å². The second-order valence-corrected chi connectivity index (χ2v) is 3.61. The highest BCUT2D eigenvalue weighted by Gasteiger charge is 2.06. The Hall–Kier alpha value is -2.30. The van der Waals surface area contributed by atoms with E-state index in [0.29, 0.717) is 5.82 Å². The number of nitrogens with zero attached hydrogens (tertiary/aromatic N) is 1. The van der Waals surface area contributed by atoms with Crippen molar-refractivity contribution in [2.75, 3.05) is 5.32 Å². The van der Waals surface area contributed by atoms with Crippen molar-refractivity contribution in [2.24, 2.45) is 0 Å². The van der Waals surface area contributed by atoms with Crippen LogP contribution in [0.4, 0.5) is 10.6 Å². The maximum absolute atomic E-state index is 11.5. The van der Waals surface area contributed by atoms with E-state index < -0.39 is 6.09 Å². The van der Waals surface area contributed by atoms with Gasteiger partial charge in [0.15, 0.2) is 0 Å².